The van der Waals surface area contributed by atoms with Crippen molar-refractivity contribution < 1.29 is 21.8 Å². The molecule has 0 spiro atoms. The molecule has 0 N–H and O–H groups in total. The van der Waals surface area contributed by atoms with Gasteiger partial charge in [-0.3, -0.25) is 0 Å². The van der Waals surface area contributed by atoms with Crippen LogP contribution in [0.4, 0.5) is 0 Å². The Morgan fingerprint density at radius 2 is 2.17 bits per heavy atom. The molecule has 0 bridgehead atoms. The SMILES string of the molecule is [CH2-]/C=C\OC.[Cu+]. The summed E-state index contributed by atoms with van der Waals surface area (Å²) >= 11 is 0. The predicted octanol–water partition coefficient (Wildman–Crippen LogP) is 0.978. The minimum atomic E-state index is 0. The summed E-state index contributed by atoms with van der Waals surface area (Å²) in [6.45, 7) is 3.37. The zero-order valence-electron chi connectivity index (χ0n) is 3.57. The molecule has 0 saturated carbocycles. The Labute approximate surface area is 48.9 Å². The van der Waals surface area contributed by atoms with Gasteiger partial charge in [-0.1, -0.05) is 6.26 Å². The van der Waals surface area contributed by atoms with Gasteiger partial charge in [0.25, 0.3) is 0 Å². The number of methoxy groups -OCH3 is 1. The molecule has 0 amide bonds. The number of ether oxygens (including phenoxy) is 1. The molecule has 40 valence electrons. The molecule has 6 heavy (non-hydrogen) atoms. The fourth-order valence-corrected chi connectivity index (χ4v) is 0.0962. The third kappa shape index (κ3) is 9.06. The summed E-state index contributed by atoms with van der Waals surface area (Å²) in [6.07, 6.45) is 3.10. The van der Waals surface area contributed by atoms with Crippen molar-refractivity contribution >= 4 is 0 Å². The molecule has 0 unspecified atom stereocenters. The van der Waals surface area contributed by atoms with E-state index in [0.717, 1.165) is 0 Å². The maximum atomic E-state index is 4.45. The van der Waals surface area contributed by atoms with E-state index < -0.39 is 0 Å². The minimum absolute atomic E-state index is 0. The van der Waals surface area contributed by atoms with E-state index >= 15 is 0 Å². The monoisotopic (exact) mass is 134 g/mol. The van der Waals surface area contributed by atoms with E-state index in [0.29, 0.717) is 0 Å². The molecule has 1 nitrogen and oxygen atoms in total. The third-order valence-electron chi connectivity index (χ3n) is 0.232. The van der Waals surface area contributed by atoms with Gasteiger partial charge in [-0.25, -0.2) is 6.92 Å². The molecule has 0 aliphatic heterocycles. The van der Waals surface area contributed by atoms with E-state index in [1.165, 1.54) is 6.26 Å². The van der Waals surface area contributed by atoms with Crippen LogP contribution in [0.1, 0.15) is 0 Å². The van der Waals surface area contributed by atoms with Crippen molar-refractivity contribution in [2.24, 2.45) is 0 Å². The van der Waals surface area contributed by atoms with Gasteiger partial charge in [0.1, 0.15) is 0 Å². The standard InChI is InChI=1S/C4H7O.Cu/c1-3-4-5-2;/h3-4H,1H2,2H3;/q-1;+1/b4-3-;. The Bertz CT molecular complexity index is 34.5. The molecule has 0 rings (SSSR count). The number of rotatable bonds is 1. The van der Waals surface area contributed by atoms with Crippen LogP contribution in [0, 0.1) is 6.92 Å². The van der Waals surface area contributed by atoms with Crippen LogP contribution in [-0.2, 0) is 21.8 Å². The van der Waals surface area contributed by atoms with E-state index in [1.54, 1.807) is 13.2 Å². The van der Waals surface area contributed by atoms with Gasteiger partial charge < -0.3 is 4.74 Å². The molecule has 0 aliphatic carbocycles. The van der Waals surface area contributed by atoms with Crippen LogP contribution < -0.4 is 0 Å². The Balaban J connectivity index is 0. The van der Waals surface area contributed by atoms with Crippen molar-refractivity contribution in [3.63, 3.8) is 0 Å². The van der Waals surface area contributed by atoms with Crippen LogP contribution in [-0.4, -0.2) is 7.11 Å². The largest absolute Gasteiger partial charge is 1.00 e. The summed E-state index contributed by atoms with van der Waals surface area (Å²) in [6, 6.07) is 0. The molecule has 0 fully saturated rings. The zero-order chi connectivity index (χ0) is 4.12. The molecular formula is C4H7CuO. The van der Waals surface area contributed by atoms with Crippen molar-refractivity contribution in [1.82, 2.24) is 0 Å². The zero-order valence-corrected chi connectivity index (χ0v) is 4.51. The van der Waals surface area contributed by atoms with Gasteiger partial charge in [-0.15, -0.1) is 0 Å². The average molecular weight is 135 g/mol. The number of allylic oxidation sites excluding steroid dienone is 1. The number of hydrogen-bond acceptors (Lipinski definition) is 1. The predicted molar refractivity (Wildman–Crippen MR) is 21.5 cm³/mol. The molecule has 0 aromatic rings. The Kier molecular flexibility index (Phi) is 13.8. The van der Waals surface area contributed by atoms with Gasteiger partial charge in [-0.2, -0.15) is 6.08 Å². The first kappa shape index (κ1) is 9.33. The summed E-state index contributed by atoms with van der Waals surface area (Å²) < 4.78 is 4.45. The second-order valence-corrected chi connectivity index (χ2v) is 0.607. The average Bonchev–Trinajstić information content (AvgIpc) is 1.41. The normalized spacial score (nSPS) is 7.50. The Morgan fingerprint density at radius 1 is 1.67 bits per heavy atom. The van der Waals surface area contributed by atoms with Crippen molar-refractivity contribution in [2.45, 2.75) is 0 Å². The quantitative estimate of drug-likeness (QED) is 0.295. The van der Waals surface area contributed by atoms with Crippen LogP contribution in [0.3, 0.4) is 0 Å². The molecule has 2 heteroatoms. The molecule has 0 heterocycles. The smallest absolute Gasteiger partial charge is 0.588 e. The van der Waals surface area contributed by atoms with Crippen LogP contribution in [0.5, 0.6) is 0 Å². The van der Waals surface area contributed by atoms with E-state index in [-0.39, 0.29) is 17.1 Å². The van der Waals surface area contributed by atoms with Gasteiger partial charge in [-0.05, 0) is 0 Å². The van der Waals surface area contributed by atoms with Gasteiger partial charge in [0.2, 0.25) is 0 Å². The Hall–Kier alpha value is -0.0705. The maximum absolute atomic E-state index is 4.45. The molecular weight excluding hydrogens is 128 g/mol. The molecule has 0 radical (unpaired) electrons. The van der Waals surface area contributed by atoms with Crippen molar-refractivity contribution in [2.75, 3.05) is 7.11 Å². The summed E-state index contributed by atoms with van der Waals surface area (Å²) in [5.74, 6) is 0. The molecule has 0 aliphatic rings. The first-order valence-electron chi connectivity index (χ1n) is 1.39. The van der Waals surface area contributed by atoms with Crippen LogP contribution >= 0.6 is 0 Å². The summed E-state index contributed by atoms with van der Waals surface area (Å²) in [5.41, 5.74) is 0. The number of hydrogen-bond donors (Lipinski definition) is 0. The van der Waals surface area contributed by atoms with Gasteiger partial charge in [0.15, 0.2) is 0 Å². The van der Waals surface area contributed by atoms with Crippen LogP contribution in [0.25, 0.3) is 0 Å². The van der Waals surface area contributed by atoms with Crippen molar-refractivity contribution in [1.29, 1.82) is 0 Å². The molecule has 0 saturated heterocycles. The van der Waals surface area contributed by atoms with Crippen LogP contribution in [0.15, 0.2) is 12.3 Å². The van der Waals surface area contributed by atoms with E-state index in [2.05, 4.69) is 11.7 Å². The minimum Gasteiger partial charge on any atom is -0.588 e. The van der Waals surface area contributed by atoms with Crippen molar-refractivity contribution in [3.8, 4) is 0 Å². The van der Waals surface area contributed by atoms with Gasteiger partial charge in [0, 0.05) is 0 Å². The van der Waals surface area contributed by atoms with Crippen LogP contribution in [0.2, 0.25) is 0 Å². The van der Waals surface area contributed by atoms with E-state index in [1.807, 2.05) is 0 Å². The van der Waals surface area contributed by atoms with Crippen molar-refractivity contribution in [3.05, 3.63) is 19.3 Å². The molecule has 0 aromatic heterocycles. The molecule has 0 aromatic carbocycles. The maximum Gasteiger partial charge on any atom is 1.00 e. The fourth-order valence-electron chi connectivity index (χ4n) is 0.0962. The summed E-state index contributed by atoms with van der Waals surface area (Å²) in [7, 11) is 1.58. The Morgan fingerprint density at radius 3 is 2.17 bits per heavy atom. The second-order valence-electron chi connectivity index (χ2n) is 0.607. The van der Waals surface area contributed by atoms with E-state index in [4.69, 9.17) is 0 Å². The van der Waals surface area contributed by atoms with Gasteiger partial charge in [0.05, 0.1) is 7.11 Å². The topological polar surface area (TPSA) is 9.23 Å². The second kappa shape index (κ2) is 8.87. The summed E-state index contributed by atoms with van der Waals surface area (Å²) in [4.78, 5) is 0. The first-order chi connectivity index (χ1) is 2.41. The fraction of sp³-hybridized carbons (Fsp3) is 0.250. The summed E-state index contributed by atoms with van der Waals surface area (Å²) in [5, 5.41) is 0. The molecule has 0 atom stereocenters. The first-order valence-corrected chi connectivity index (χ1v) is 1.39. The van der Waals surface area contributed by atoms with Gasteiger partial charge >= 0.3 is 17.1 Å². The third-order valence-corrected chi connectivity index (χ3v) is 0.232. The van der Waals surface area contributed by atoms with E-state index in [9.17, 15) is 0 Å².